The summed E-state index contributed by atoms with van der Waals surface area (Å²) in [5.74, 6) is 2.06. The van der Waals surface area contributed by atoms with Crippen molar-refractivity contribution in [2.45, 2.75) is 46.3 Å². The van der Waals surface area contributed by atoms with Gasteiger partial charge >= 0.3 is 0 Å². The zero-order valence-corrected chi connectivity index (χ0v) is 21.9. The SMILES string of the molecule is CCNC(=NCc1ccc(OC)c(OC)c1)NCc1ccc(C(=O)NC(C)CC)cc1.I. The number of ether oxygens (including phenoxy) is 2. The minimum absolute atomic E-state index is 0. The predicted octanol–water partition coefficient (Wildman–Crippen LogP) is 4.11. The Kier molecular flexibility index (Phi) is 12.5. The summed E-state index contributed by atoms with van der Waals surface area (Å²) in [6.45, 7) is 7.94. The van der Waals surface area contributed by atoms with E-state index in [0.717, 1.165) is 30.1 Å². The highest BCUT2D eigenvalue weighted by atomic mass is 127. The second kappa shape index (κ2) is 14.5. The molecule has 8 heteroatoms. The molecule has 0 aliphatic heterocycles. The normalized spacial score (nSPS) is 11.7. The van der Waals surface area contributed by atoms with Crippen LogP contribution in [0.15, 0.2) is 47.5 Å². The largest absolute Gasteiger partial charge is 0.493 e. The number of aliphatic imine (C=N–C) groups is 1. The van der Waals surface area contributed by atoms with E-state index in [-0.39, 0.29) is 35.9 Å². The molecule has 7 nitrogen and oxygen atoms in total. The van der Waals surface area contributed by atoms with Crippen LogP contribution >= 0.6 is 24.0 Å². The van der Waals surface area contributed by atoms with Crippen molar-refractivity contribution in [3.8, 4) is 11.5 Å². The Labute approximate surface area is 208 Å². The zero-order valence-electron chi connectivity index (χ0n) is 19.5. The number of rotatable bonds is 10. The first-order valence-corrected chi connectivity index (χ1v) is 10.6. The van der Waals surface area contributed by atoms with E-state index in [1.54, 1.807) is 14.2 Å². The summed E-state index contributed by atoms with van der Waals surface area (Å²) in [5, 5.41) is 9.56. The van der Waals surface area contributed by atoms with Gasteiger partial charge in [-0.15, -0.1) is 24.0 Å². The summed E-state index contributed by atoms with van der Waals surface area (Å²) >= 11 is 0. The van der Waals surface area contributed by atoms with Gasteiger partial charge in [0.15, 0.2) is 17.5 Å². The van der Waals surface area contributed by atoms with E-state index in [2.05, 4.69) is 20.9 Å². The van der Waals surface area contributed by atoms with Gasteiger partial charge in [-0.3, -0.25) is 4.79 Å². The molecule has 0 spiro atoms. The summed E-state index contributed by atoms with van der Waals surface area (Å²) in [7, 11) is 3.24. The van der Waals surface area contributed by atoms with E-state index in [0.29, 0.717) is 30.2 Å². The Morgan fingerprint density at radius 1 is 0.969 bits per heavy atom. The summed E-state index contributed by atoms with van der Waals surface area (Å²) in [4.78, 5) is 16.9. The Hall–Kier alpha value is -2.49. The van der Waals surface area contributed by atoms with Crippen LogP contribution in [0.2, 0.25) is 0 Å². The molecule has 0 saturated carbocycles. The molecule has 1 amide bonds. The van der Waals surface area contributed by atoms with Crippen molar-refractivity contribution in [3.63, 3.8) is 0 Å². The smallest absolute Gasteiger partial charge is 0.251 e. The lowest BCUT2D eigenvalue weighted by Gasteiger charge is -2.13. The molecule has 2 aromatic rings. The number of guanidine groups is 1. The van der Waals surface area contributed by atoms with Crippen LogP contribution in [0.5, 0.6) is 11.5 Å². The molecule has 0 bridgehead atoms. The van der Waals surface area contributed by atoms with Gasteiger partial charge in [-0.25, -0.2) is 4.99 Å². The Balaban J connectivity index is 0.00000512. The number of methoxy groups -OCH3 is 2. The molecular formula is C24H35IN4O3. The van der Waals surface area contributed by atoms with Gasteiger partial charge in [0.2, 0.25) is 0 Å². The van der Waals surface area contributed by atoms with Crippen LogP contribution in [0.1, 0.15) is 48.7 Å². The van der Waals surface area contributed by atoms with Crippen LogP contribution in [-0.2, 0) is 13.1 Å². The van der Waals surface area contributed by atoms with Gasteiger partial charge in [-0.1, -0.05) is 25.1 Å². The Bertz CT molecular complexity index is 872. The molecule has 176 valence electrons. The van der Waals surface area contributed by atoms with Crippen molar-refractivity contribution in [1.29, 1.82) is 0 Å². The van der Waals surface area contributed by atoms with E-state index < -0.39 is 0 Å². The van der Waals surface area contributed by atoms with Gasteiger partial charge in [0.25, 0.3) is 5.91 Å². The van der Waals surface area contributed by atoms with Crippen molar-refractivity contribution < 1.29 is 14.3 Å². The lowest BCUT2D eigenvalue weighted by molar-refractivity contribution is 0.0939. The lowest BCUT2D eigenvalue weighted by atomic mass is 10.1. The first-order chi connectivity index (χ1) is 15.0. The topological polar surface area (TPSA) is 84.0 Å². The molecule has 2 aromatic carbocycles. The number of carbonyl (C=O) groups excluding carboxylic acids is 1. The minimum atomic E-state index is -0.0429. The second-order valence-corrected chi connectivity index (χ2v) is 7.22. The first-order valence-electron chi connectivity index (χ1n) is 10.6. The van der Waals surface area contributed by atoms with Crippen LogP contribution in [-0.4, -0.2) is 38.7 Å². The summed E-state index contributed by atoms with van der Waals surface area (Å²) in [6.07, 6.45) is 0.906. The van der Waals surface area contributed by atoms with Crippen molar-refractivity contribution in [2.75, 3.05) is 20.8 Å². The summed E-state index contributed by atoms with van der Waals surface area (Å²) < 4.78 is 10.6. The zero-order chi connectivity index (χ0) is 22.6. The molecule has 32 heavy (non-hydrogen) atoms. The maximum atomic E-state index is 12.2. The highest BCUT2D eigenvalue weighted by Crippen LogP contribution is 2.27. The molecule has 3 N–H and O–H groups in total. The molecule has 0 fully saturated rings. The lowest BCUT2D eigenvalue weighted by Crippen LogP contribution is -2.36. The third-order valence-electron chi connectivity index (χ3n) is 4.88. The maximum absolute atomic E-state index is 12.2. The maximum Gasteiger partial charge on any atom is 0.251 e. The number of nitrogens with one attached hydrogen (secondary N) is 3. The molecule has 0 aliphatic carbocycles. The number of nitrogens with zero attached hydrogens (tertiary/aromatic N) is 1. The van der Waals surface area contributed by atoms with E-state index >= 15 is 0 Å². The monoisotopic (exact) mass is 554 g/mol. The predicted molar refractivity (Wildman–Crippen MR) is 140 cm³/mol. The van der Waals surface area contributed by atoms with E-state index in [9.17, 15) is 4.79 Å². The molecular weight excluding hydrogens is 519 g/mol. The molecule has 0 radical (unpaired) electrons. The minimum Gasteiger partial charge on any atom is -0.493 e. The van der Waals surface area contributed by atoms with Gasteiger partial charge in [0, 0.05) is 24.7 Å². The van der Waals surface area contributed by atoms with E-state index in [1.807, 2.05) is 63.2 Å². The quantitative estimate of drug-likeness (QED) is 0.234. The average Bonchev–Trinajstić information content (AvgIpc) is 2.80. The standard InChI is InChI=1S/C24H34N4O3.HI/c1-6-17(3)28-23(29)20-11-8-18(9-12-20)15-26-24(25-7-2)27-16-19-10-13-21(30-4)22(14-19)31-5;/h8-14,17H,6-7,15-16H2,1-5H3,(H,28,29)(H2,25,26,27);1H. The number of amides is 1. The van der Waals surface area contributed by atoms with Crippen LogP contribution < -0.4 is 25.4 Å². The second-order valence-electron chi connectivity index (χ2n) is 7.22. The number of halogens is 1. The van der Waals surface area contributed by atoms with E-state index in [4.69, 9.17) is 9.47 Å². The highest BCUT2D eigenvalue weighted by molar-refractivity contribution is 14.0. The van der Waals surface area contributed by atoms with Crippen LogP contribution in [0, 0.1) is 0 Å². The average molecular weight is 554 g/mol. The fourth-order valence-electron chi connectivity index (χ4n) is 2.86. The molecule has 1 atom stereocenters. The summed E-state index contributed by atoms with van der Waals surface area (Å²) in [6, 6.07) is 13.5. The number of hydrogen-bond donors (Lipinski definition) is 3. The molecule has 0 aromatic heterocycles. The molecule has 0 aliphatic rings. The molecule has 0 heterocycles. The van der Waals surface area contributed by atoms with Crippen LogP contribution in [0.3, 0.4) is 0 Å². The Morgan fingerprint density at radius 3 is 2.22 bits per heavy atom. The fourth-order valence-corrected chi connectivity index (χ4v) is 2.86. The van der Waals surface area contributed by atoms with Crippen molar-refractivity contribution in [2.24, 2.45) is 4.99 Å². The van der Waals surface area contributed by atoms with Gasteiger partial charge in [-0.2, -0.15) is 0 Å². The number of carbonyl (C=O) groups is 1. The van der Waals surface area contributed by atoms with Crippen LogP contribution in [0.25, 0.3) is 0 Å². The van der Waals surface area contributed by atoms with Crippen LogP contribution in [0.4, 0.5) is 0 Å². The van der Waals surface area contributed by atoms with Crippen molar-refractivity contribution in [3.05, 3.63) is 59.2 Å². The third-order valence-corrected chi connectivity index (χ3v) is 4.88. The van der Waals surface area contributed by atoms with Crippen molar-refractivity contribution in [1.82, 2.24) is 16.0 Å². The third kappa shape index (κ3) is 8.57. The summed E-state index contributed by atoms with van der Waals surface area (Å²) in [5.41, 5.74) is 2.75. The van der Waals surface area contributed by atoms with Gasteiger partial charge < -0.3 is 25.4 Å². The Morgan fingerprint density at radius 2 is 1.62 bits per heavy atom. The number of hydrogen-bond acceptors (Lipinski definition) is 4. The van der Waals surface area contributed by atoms with Gasteiger partial charge in [0.1, 0.15) is 0 Å². The fraction of sp³-hybridized carbons (Fsp3) is 0.417. The number of benzene rings is 2. The van der Waals surface area contributed by atoms with Crippen molar-refractivity contribution >= 4 is 35.8 Å². The molecule has 0 saturated heterocycles. The van der Waals surface area contributed by atoms with Gasteiger partial charge in [-0.05, 0) is 55.7 Å². The highest BCUT2D eigenvalue weighted by Gasteiger charge is 2.08. The molecule has 1 unspecified atom stereocenters. The van der Waals surface area contributed by atoms with Gasteiger partial charge in [0.05, 0.1) is 20.8 Å². The first kappa shape index (κ1) is 27.5. The molecule has 2 rings (SSSR count). The van der Waals surface area contributed by atoms with E-state index in [1.165, 1.54) is 0 Å².